The highest BCUT2D eigenvalue weighted by molar-refractivity contribution is 7.90. The standard InChI is InChI=1S/C11H23NO2S/c1-9-4-5-11(12,10(2)8-9)6-7-15(3,13)14/h9-10H,4-8,12H2,1-3H3. The molecule has 4 heteroatoms. The molecule has 0 aliphatic heterocycles. The molecule has 0 bridgehead atoms. The van der Waals surface area contributed by atoms with E-state index < -0.39 is 9.84 Å². The Hall–Kier alpha value is -0.0900. The van der Waals surface area contributed by atoms with Crippen LogP contribution in [0.3, 0.4) is 0 Å². The summed E-state index contributed by atoms with van der Waals surface area (Å²) in [5.41, 5.74) is 6.05. The Balaban J connectivity index is 2.58. The summed E-state index contributed by atoms with van der Waals surface area (Å²) in [7, 11) is -2.88. The van der Waals surface area contributed by atoms with Crippen molar-refractivity contribution in [2.24, 2.45) is 17.6 Å². The van der Waals surface area contributed by atoms with Gasteiger partial charge in [-0.15, -0.1) is 0 Å². The zero-order chi connectivity index (χ0) is 11.7. The SMILES string of the molecule is CC1CCC(N)(CCS(C)(=O)=O)C(C)C1. The minimum absolute atomic E-state index is 0.224. The van der Waals surface area contributed by atoms with Gasteiger partial charge in [0.05, 0.1) is 5.75 Å². The van der Waals surface area contributed by atoms with Gasteiger partial charge < -0.3 is 5.73 Å². The van der Waals surface area contributed by atoms with Gasteiger partial charge in [-0.3, -0.25) is 0 Å². The van der Waals surface area contributed by atoms with E-state index in [-0.39, 0.29) is 11.3 Å². The molecule has 0 heterocycles. The molecule has 3 unspecified atom stereocenters. The van der Waals surface area contributed by atoms with Crippen molar-refractivity contribution in [1.82, 2.24) is 0 Å². The maximum Gasteiger partial charge on any atom is 0.147 e. The molecule has 3 atom stereocenters. The molecule has 1 aliphatic rings. The Bertz CT molecular complexity index is 313. The van der Waals surface area contributed by atoms with Crippen LogP contribution in [0.2, 0.25) is 0 Å². The topological polar surface area (TPSA) is 60.2 Å². The normalized spacial score (nSPS) is 37.9. The van der Waals surface area contributed by atoms with Crippen molar-refractivity contribution in [2.45, 2.75) is 45.1 Å². The van der Waals surface area contributed by atoms with E-state index in [4.69, 9.17) is 5.73 Å². The fourth-order valence-electron chi connectivity index (χ4n) is 2.46. The Kier molecular flexibility index (Phi) is 3.82. The third-order valence-corrected chi connectivity index (χ3v) is 4.72. The van der Waals surface area contributed by atoms with Crippen LogP contribution in [0.5, 0.6) is 0 Å². The molecule has 0 aromatic heterocycles. The highest BCUT2D eigenvalue weighted by Crippen LogP contribution is 2.37. The van der Waals surface area contributed by atoms with Gasteiger partial charge in [-0.25, -0.2) is 8.42 Å². The largest absolute Gasteiger partial charge is 0.325 e. The Labute approximate surface area is 93.3 Å². The van der Waals surface area contributed by atoms with Crippen LogP contribution in [0, 0.1) is 11.8 Å². The summed E-state index contributed by atoms with van der Waals surface area (Å²) in [6, 6.07) is 0. The molecule has 0 radical (unpaired) electrons. The van der Waals surface area contributed by atoms with Gasteiger partial charge in [-0.2, -0.15) is 0 Å². The molecule has 0 saturated heterocycles. The Morgan fingerprint density at radius 1 is 1.40 bits per heavy atom. The summed E-state index contributed by atoms with van der Waals surface area (Å²) >= 11 is 0. The maximum absolute atomic E-state index is 11.1. The van der Waals surface area contributed by atoms with E-state index in [0.29, 0.717) is 12.3 Å². The molecule has 2 N–H and O–H groups in total. The van der Waals surface area contributed by atoms with E-state index in [0.717, 1.165) is 25.2 Å². The van der Waals surface area contributed by atoms with Crippen LogP contribution in [0.1, 0.15) is 39.5 Å². The zero-order valence-corrected chi connectivity index (χ0v) is 10.8. The quantitative estimate of drug-likeness (QED) is 0.805. The first-order valence-corrected chi connectivity index (χ1v) is 7.75. The van der Waals surface area contributed by atoms with Gasteiger partial charge in [0.2, 0.25) is 0 Å². The number of hydrogen-bond donors (Lipinski definition) is 1. The molecular formula is C11H23NO2S. The van der Waals surface area contributed by atoms with Crippen LogP contribution in [0.15, 0.2) is 0 Å². The molecule has 90 valence electrons. The average molecular weight is 233 g/mol. The summed E-state index contributed by atoms with van der Waals surface area (Å²) in [6.45, 7) is 4.39. The molecule has 0 spiro atoms. The van der Waals surface area contributed by atoms with Gasteiger partial charge in [0.15, 0.2) is 0 Å². The van der Waals surface area contributed by atoms with Crippen molar-refractivity contribution in [3.63, 3.8) is 0 Å². The predicted molar refractivity (Wildman–Crippen MR) is 63.4 cm³/mol. The van der Waals surface area contributed by atoms with Crippen molar-refractivity contribution in [3.05, 3.63) is 0 Å². The minimum atomic E-state index is -2.88. The van der Waals surface area contributed by atoms with Crippen molar-refractivity contribution >= 4 is 9.84 Å². The monoisotopic (exact) mass is 233 g/mol. The first-order valence-electron chi connectivity index (χ1n) is 5.69. The first-order chi connectivity index (χ1) is 6.73. The lowest BCUT2D eigenvalue weighted by Gasteiger charge is -2.42. The predicted octanol–water partition coefficient (Wildman–Crippen LogP) is 1.57. The molecule has 0 aromatic carbocycles. The van der Waals surface area contributed by atoms with Crippen molar-refractivity contribution in [3.8, 4) is 0 Å². The summed E-state index contributed by atoms with van der Waals surface area (Å²) in [6.07, 6.45) is 5.11. The summed E-state index contributed by atoms with van der Waals surface area (Å²) in [4.78, 5) is 0. The molecule has 1 rings (SSSR count). The third-order valence-electron chi connectivity index (χ3n) is 3.78. The van der Waals surface area contributed by atoms with Crippen LogP contribution in [-0.2, 0) is 9.84 Å². The molecule has 0 amide bonds. The fraction of sp³-hybridized carbons (Fsp3) is 1.00. The minimum Gasteiger partial charge on any atom is -0.325 e. The first kappa shape index (κ1) is 13.0. The van der Waals surface area contributed by atoms with Crippen molar-refractivity contribution in [2.75, 3.05) is 12.0 Å². The second-order valence-corrected chi connectivity index (χ2v) is 7.65. The smallest absolute Gasteiger partial charge is 0.147 e. The molecule has 1 aliphatic carbocycles. The van der Waals surface area contributed by atoms with Crippen molar-refractivity contribution < 1.29 is 8.42 Å². The lowest BCUT2D eigenvalue weighted by atomic mass is 9.69. The number of hydrogen-bond acceptors (Lipinski definition) is 3. The third kappa shape index (κ3) is 3.76. The van der Waals surface area contributed by atoms with Crippen LogP contribution < -0.4 is 5.73 Å². The second-order valence-electron chi connectivity index (χ2n) is 5.39. The summed E-state index contributed by atoms with van der Waals surface area (Å²) in [5, 5.41) is 0. The van der Waals surface area contributed by atoms with Gasteiger partial charge >= 0.3 is 0 Å². The Morgan fingerprint density at radius 2 is 2.00 bits per heavy atom. The van der Waals surface area contributed by atoms with Gasteiger partial charge in [0, 0.05) is 11.8 Å². The molecule has 0 aromatic rings. The molecule has 15 heavy (non-hydrogen) atoms. The van der Waals surface area contributed by atoms with Crippen LogP contribution in [0.25, 0.3) is 0 Å². The second kappa shape index (κ2) is 4.42. The maximum atomic E-state index is 11.1. The van der Waals surface area contributed by atoms with E-state index in [1.807, 2.05) is 0 Å². The highest BCUT2D eigenvalue weighted by atomic mass is 32.2. The average Bonchev–Trinajstić information content (AvgIpc) is 2.08. The van der Waals surface area contributed by atoms with Crippen LogP contribution >= 0.6 is 0 Å². The fourth-order valence-corrected chi connectivity index (χ4v) is 3.22. The van der Waals surface area contributed by atoms with E-state index in [1.54, 1.807) is 0 Å². The van der Waals surface area contributed by atoms with Crippen LogP contribution in [0.4, 0.5) is 0 Å². The van der Waals surface area contributed by atoms with E-state index >= 15 is 0 Å². The molecule has 1 fully saturated rings. The Morgan fingerprint density at radius 3 is 2.47 bits per heavy atom. The molecule has 1 saturated carbocycles. The molecule has 3 nitrogen and oxygen atoms in total. The van der Waals surface area contributed by atoms with E-state index in [1.165, 1.54) is 6.26 Å². The van der Waals surface area contributed by atoms with E-state index in [9.17, 15) is 8.42 Å². The number of rotatable bonds is 3. The summed E-state index contributed by atoms with van der Waals surface area (Å²) < 4.78 is 22.3. The van der Waals surface area contributed by atoms with Gasteiger partial charge in [0.25, 0.3) is 0 Å². The number of sulfone groups is 1. The van der Waals surface area contributed by atoms with Crippen molar-refractivity contribution in [1.29, 1.82) is 0 Å². The highest BCUT2D eigenvalue weighted by Gasteiger charge is 2.36. The summed E-state index contributed by atoms with van der Waals surface area (Å²) in [5.74, 6) is 1.39. The number of nitrogens with two attached hydrogens (primary N) is 1. The van der Waals surface area contributed by atoms with E-state index in [2.05, 4.69) is 13.8 Å². The molecular weight excluding hydrogens is 210 g/mol. The zero-order valence-electron chi connectivity index (χ0n) is 9.99. The van der Waals surface area contributed by atoms with Gasteiger partial charge in [0.1, 0.15) is 9.84 Å². The lowest BCUT2D eigenvalue weighted by Crippen LogP contribution is -2.50. The lowest BCUT2D eigenvalue weighted by molar-refractivity contribution is 0.160. The van der Waals surface area contributed by atoms with Gasteiger partial charge in [-0.05, 0) is 37.5 Å². The van der Waals surface area contributed by atoms with Crippen LogP contribution in [-0.4, -0.2) is 26.0 Å². The van der Waals surface area contributed by atoms with Gasteiger partial charge in [-0.1, -0.05) is 13.8 Å².